The molecule has 0 spiro atoms. The number of nitrogens with zero attached hydrogens (tertiary/aromatic N) is 2. The first-order valence-electron chi connectivity index (χ1n) is 10.6. The predicted molar refractivity (Wildman–Crippen MR) is 121 cm³/mol. The van der Waals surface area contributed by atoms with Gasteiger partial charge in [0.1, 0.15) is 11.2 Å². The van der Waals surface area contributed by atoms with E-state index >= 15 is 0 Å². The van der Waals surface area contributed by atoms with Gasteiger partial charge in [-0.1, -0.05) is 11.8 Å². The first-order valence-corrected chi connectivity index (χ1v) is 10.6. The molecule has 0 saturated carbocycles. The molecule has 0 radical (unpaired) electrons. The monoisotopic (exact) mass is 436 g/mol. The smallest absolute Gasteiger partial charge is 0.341 e. The van der Waals surface area contributed by atoms with Gasteiger partial charge in [-0.25, -0.2) is 4.79 Å². The van der Waals surface area contributed by atoms with E-state index in [2.05, 4.69) is 30.7 Å². The highest BCUT2D eigenvalue weighted by Crippen LogP contribution is 2.48. The fraction of sp³-hybridized carbons (Fsp3) is 0.440. The molecule has 1 aromatic heterocycles. The Kier molecular flexibility index (Phi) is 5.19. The van der Waals surface area contributed by atoms with Gasteiger partial charge < -0.3 is 14.9 Å². The van der Waals surface area contributed by atoms with Crippen molar-refractivity contribution in [2.24, 2.45) is 0 Å². The molecule has 32 heavy (non-hydrogen) atoms. The topological polar surface area (TPSA) is 92.0 Å². The standard InChI is InChI=1S/C25H28N2O5/c1-24(2)8-7-20-17-10-15(6-9-25(3,4)31)16(14-32-5)11-18(17)21-12-22(28)19(23(29)30)13-26(21)27(20)24/h10-13,20,31H,7-8,14H2,1-5H3,(H,29,30)/t20-/m1/s1. The quantitative estimate of drug-likeness (QED) is 0.719. The lowest BCUT2D eigenvalue weighted by atomic mass is 9.89. The fourth-order valence-electron chi connectivity index (χ4n) is 4.71. The van der Waals surface area contributed by atoms with E-state index in [0.717, 1.165) is 35.1 Å². The Morgan fingerprint density at radius 2 is 2.03 bits per heavy atom. The van der Waals surface area contributed by atoms with Crippen molar-refractivity contribution in [3.63, 3.8) is 0 Å². The van der Waals surface area contributed by atoms with E-state index in [1.165, 1.54) is 12.3 Å². The summed E-state index contributed by atoms with van der Waals surface area (Å²) in [7, 11) is 1.60. The van der Waals surface area contributed by atoms with Gasteiger partial charge in [0.2, 0.25) is 0 Å². The summed E-state index contributed by atoms with van der Waals surface area (Å²) < 4.78 is 7.22. The number of benzene rings is 1. The van der Waals surface area contributed by atoms with Crippen LogP contribution in [0.2, 0.25) is 0 Å². The Balaban J connectivity index is 2.02. The lowest BCUT2D eigenvalue weighted by molar-refractivity contribution is 0.0694. The molecule has 4 rings (SSSR count). The third kappa shape index (κ3) is 3.70. The van der Waals surface area contributed by atoms with Crippen molar-refractivity contribution in [1.29, 1.82) is 0 Å². The van der Waals surface area contributed by atoms with Gasteiger partial charge in [-0.15, -0.1) is 0 Å². The molecule has 0 bridgehead atoms. The van der Waals surface area contributed by atoms with Crippen LogP contribution in [0.5, 0.6) is 0 Å². The number of carbonyl (C=O) groups is 1. The number of carboxylic acids is 1. The van der Waals surface area contributed by atoms with E-state index in [0.29, 0.717) is 12.3 Å². The Morgan fingerprint density at radius 1 is 1.31 bits per heavy atom. The molecule has 2 N–H and O–H groups in total. The molecule has 0 unspecified atom stereocenters. The summed E-state index contributed by atoms with van der Waals surface area (Å²) in [5, 5.41) is 21.8. The molecule has 7 heteroatoms. The highest BCUT2D eigenvalue weighted by Gasteiger charge is 2.45. The number of aliphatic hydroxyl groups is 1. The lowest BCUT2D eigenvalue weighted by Crippen LogP contribution is -2.50. The van der Waals surface area contributed by atoms with Gasteiger partial charge >= 0.3 is 5.97 Å². The van der Waals surface area contributed by atoms with Crippen molar-refractivity contribution >= 4 is 5.97 Å². The summed E-state index contributed by atoms with van der Waals surface area (Å²) in [6.45, 7) is 7.83. The van der Waals surface area contributed by atoms with E-state index in [9.17, 15) is 19.8 Å². The second kappa shape index (κ2) is 7.51. The molecular formula is C25H28N2O5. The fourth-order valence-corrected chi connectivity index (χ4v) is 4.71. The maximum atomic E-state index is 12.6. The Hall–Kier alpha value is -3.08. The van der Waals surface area contributed by atoms with Gasteiger partial charge in [0.25, 0.3) is 0 Å². The van der Waals surface area contributed by atoms with Crippen LogP contribution in [0, 0.1) is 11.8 Å². The highest BCUT2D eigenvalue weighted by atomic mass is 16.5. The van der Waals surface area contributed by atoms with Crippen LogP contribution in [0.3, 0.4) is 0 Å². The van der Waals surface area contributed by atoms with Crippen molar-refractivity contribution < 1.29 is 19.7 Å². The number of hydrogen-bond acceptors (Lipinski definition) is 5. The molecule has 1 fully saturated rings. The number of carboxylic acid groups (broad SMARTS) is 1. The largest absolute Gasteiger partial charge is 0.477 e. The number of pyridine rings is 1. The van der Waals surface area contributed by atoms with Crippen LogP contribution in [0.1, 0.15) is 73.6 Å². The first kappa shape index (κ1) is 22.1. The molecular weight excluding hydrogens is 408 g/mol. The molecule has 1 aromatic carbocycles. The van der Waals surface area contributed by atoms with Crippen LogP contribution in [-0.4, -0.2) is 39.1 Å². The summed E-state index contributed by atoms with van der Waals surface area (Å²) >= 11 is 0. The molecule has 2 aromatic rings. The van der Waals surface area contributed by atoms with Crippen LogP contribution in [-0.2, 0) is 11.3 Å². The number of aromatic nitrogens is 1. The van der Waals surface area contributed by atoms with Crippen LogP contribution in [0.25, 0.3) is 11.3 Å². The van der Waals surface area contributed by atoms with E-state index < -0.39 is 17.0 Å². The summed E-state index contributed by atoms with van der Waals surface area (Å²) in [6, 6.07) is 5.42. The molecule has 3 heterocycles. The third-order valence-electron chi connectivity index (χ3n) is 6.15. The van der Waals surface area contributed by atoms with E-state index in [4.69, 9.17) is 4.74 Å². The molecule has 168 valence electrons. The molecule has 0 aliphatic carbocycles. The molecule has 7 nitrogen and oxygen atoms in total. The van der Waals surface area contributed by atoms with Crippen molar-refractivity contribution in [1.82, 2.24) is 4.68 Å². The van der Waals surface area contributed by atoms with E-state index in [-0.39, 0.29) is 17.1 Å². The maximum Gasteiger partial charge on any atom is 0.341 e. The second-order valence-electron chi connectivity index (χ2n) is 9.64. The normalized spacial score (nSPS) is 18.3. The van der Waals surface area contributed by atoms with E-state index in [1.807, 2.05) is 16.8 Å². The SMILES string of the molecule is COCc1cc2c(cc1C#CC(C)(C)O)[C@H]1CCC(C)(C)N1n1cc(C(=O)O)c(=O)cc1-2. The molecule has 1 atom stereocenters. The summed E-state index contributed by atoms with van der Waals surface area (Å²) in [6.07, 6.45) is 3.24. The van der Waals surface area contributed by atoms with Crippen molar-refractivity contribution in [2.75, 3.05) is 12.1 Å². The Bertz CT molecular complexity index is 1220. The average molecular weight is 437 g/mol. The van der Waals surface area contributed by atoms with Crippen molar-refractivity contribution in [3.05, 3.63) is 56.9 Å². The van der Waals surface area contributed by atoms with Crippen molar-refractivity contribution in [2.45, 2.75) is 64.3 Å². The van der Waals surface area contributed by atoms with Crippen LogP contribution < -0.4 is 10.4 Å². The average Bonchev–Trinajstić information content (AvgIpc) is 3.01. The van der Waals surface area contributed by atoms with Gasteiger partial charge in [-0.2, -0.15) is 0 Å². The number of hydrogen-bond donors (Lipinski definition) is 2. The van der Waals surface area contributed by atoms with Gasteiger partial charge in [0.05, 0.1) is 23.9 Å². The molecule has 0 amide bonds. The predicted octanol–water partition coefficient (Wildman–Crippen LogP) is 3.05. The van der Waals surface area contributed by atoms with Gasteiger partial charge in [-0.3, -0.25) is 14.5 Å². The van der Waals surface area contributed by atoms with E-state index in [1.54, 1.807) is 21.0 Å². The minimum Gasteiger partial charge on any atom is -0.477 e. The second-order valence-corrected chi connectivity index (χ2v) is 9.64. The number of rotatable bonds is 3. The zero-order chi connectivity index (χ0) is 23.4. The lowest BCUT2D eigenvalue weighted by Gasteiger charge is -2.44. The molecule has 1 saturated heterocycles. The molecule has 2 aliphatic rings. The maximum absolute atomic E-state index is 12.6. The zero-order valence-electron chi connectivity index (χ0n) is 19.0. The first-order chi connectivity index (χ1) is 14.9. The zero-order valence-corrected chi connectivity index (χ0v) is 19.0. The number of aromatic carboxylic acids is 1. The minimum absolute atomic E-state index is 0.0101. The minimum atomic E-state index is -1.23. The van der Waals surface area contributed by atoms with Crippen LogP contribution in [0.15, 0.2) is 29.2 Å². The number of methoxy groups -OCH3 is 1. The number of fused-ring (bicyclic) bond motifs is 6. The van der Waals surface area contributed by atoms with Gasteiger partial charge in [-0.05, 0) is 63.8 Å². The summed E-state index contributed by atoms with van der Waals surface area (Å²) in [5.41, 5.74) is 2.05. The number of ether oxygens (including phenoxy) is 1. The van der Waals surface area contributed by atoms with Crippen LogP contribution >= 0.6 is 0 Å². The highest BCUT2D eigenvalue weighted by molar-refractivity contribution is 5.88. The Morgan fingerprint density at radius 3 is 2.66 bits per heavy atom. The summed E-state index contributed by atoms with van der Waals surface area (Å²) in [4.78, 5) is 24.3. The van der Waals surface area contributed by atoms with Crippen molar-refractivity contribution in [3.8, 4) is 23.1 Å². The molecule has 2 aliphatic heterocycles. The Labute approximate surface area is 187 Å². The van der Waals surface area contributed by atoms with Gasteiger partial charge in [0, 0.05) is 30.5 Å². The van der Waals surface area contributed by atoms with Gasteiger partial charge in [0.15, 0.2) is 5.43 Å². The third-order valence-corrected chi connectivity index (χ3v) is 6.15. The van der Waals surface area contributed by atoms with Crippen LogP contribution in [0.4, 0.5) is 0 Å². The summed E-state index contributed by atoms with van der Waals surface area (Å²) in [5.74, 6) is 4.75.